The molecule has 1 fully saturated rings. The number of fused-ring (bicyclic) bond motifs is 1. The number of urea groups is 1. The van der Waals surface area contributed by atoms with E-state index in [0.29, 0.717) is 26.2 Å². The third-order valence-electron chi connectivity index (χ3n) is 5.47. The number of carbonyl (C=O) groups is 1. The van der Waals surface area contributed by atoms with Crippen LogP contribution in [0.15, 0.2) is 47.5 Å². The average molecular weight is 429 g/mol. The summed E-state index contributed by atoms with van der Waals surface area (Å²) in [5.74, 6) is -0.738. The molecule has 1 saturated heterocycles. The van der Waals surface area contributed by atoms with Crippen molar-refractivity contribution in [3.63, 3.8) is 0 Å². The molecule has 2 aliphatic rings. The molecule has 2 amide bonds. The number of nitrogens with zero attached hydrogens (tertiary/aromatic N) is 2. The van der Waals surface area contributed by atoms with Crippen LogP contribution in [-0.2, 0) is 4.74 Å². The number of hydrogen-bond acceptors (Lipinski definition) is 4. The third-order valence-corrected chi connectivity index (χ3v) is 5.47. The molecule has 9 heteroatoms. The molecule has 1 spiro atoms. The van der Waals surface area contributed by atoms with E-state index in [-0.39, 0.29) is 5.69 Å². The topological polar surface area (TPSA) is 78.0 Å². The predicted octanol–water partition coefficient (Wildman–Crippen LogP) is 3.91. The van der Waals surface area contributed by atoms with Crippen LogP contribution in [0.3, 0.4) is 0 Å². The largest absolute Gasteiger partial charge is 0.383 e. The monoisotopic (exact) mass is 429 g/mol. The lowest BCUT2D eigenvalue weighted by Gasteiger charge is -2.47. The summed E-state index contributed by atoms with van der Waals surface area (Å²) < 4.78 is 32.1. The number of anilines is 3. The van der Waals surface area contributed by atoms with Crippen LogP contribution in [0.25, 0.3) is 0 Å². The molecule has 0 bridgehead atoms. The summed E-state index contributed by atoms with van der Waals surface area (Å²) in [6, 6.07) is 10.4. The van der Waals surface area contributed by atoms with Crippen molar-refractivity contribution >= 4 is 28.9 Å². The second kappa shape index (κ2) is 8.89. The zero-order valence-corrected chi connectivity index (χ0v) is 17.3. The number of amides is 2. The van der Waals surface area contributed by atoms with Gasteiger partial charge in [-0.1, -0.05) is 12.1 Å². The Morgan fingerprint density at radius 2 is 1.97 bits per heavy atom. The highest BCUT2D eigenvalue weighted by Gasteiger charge is 2.44. The molecule has 2 aromatic carbocycles. The van der Waals surface area contributed by atoms with Crippen LogP contribution < -0.4 is 16.0 Å². The van der Waals surface area contributed by atoms with Crippen molar-refractivity contribution in [1.29, 1.82) is 0 Å². The number of methoxy groups -OCH3 is 1. The minimum absolute atomic E-state index is 0.0798. The number of carbonyl (C=O) groups excluding carboxylic acids is 1. The second-order valence-corrected chi connectivity index (χ2v) is 7.71. The molecule has 0 saturated carbocycles. The van der Waals surface area contributed by atoms with Gasteiger partial charge in [0.25, 0.3) is 0 Å². The number of ether oxygens (including phenoxy) is 1. The Hall–Kier alpha value is -3.20. The van der Waals surface area contributed by atoms with Crippen LogP contribution >= 0.6 is 0 Å². The zero-order valence-electron chi connectivity index (χ0n) is 17.3. The van der Waals surface area contributed by atoms with Gasteiger partial charge in [0.1, 0.15) is 23.0 Å². The van der Waals surface area contributed by atoms with Gasteiger partial charge in [-0.05, 0) is 37.1 Å². The van der Waals surface area contributed by atoms with Crippen LogP contribution in [0.5, 0.6) is 0 Å². The Kier molecular flexibility index (Phi) is 6.03. The van der Waals surface area contributed by atoms with Gasteiger partial charge in [0.15, 0.2) is 0 Å². The van der Waals surface area contributed by atoms with E-state index >= 15 is 0 Å². The number of likely N-dealkylation sites (tertiary alicyclic amines) is 1. The van der Waals surface area contributed by atoms with Gasteiger partial charge in [-0.15, -0.1) is 0 Å². The number of halogens is 2. The zero-order chi connectivity index (χ0) is 21.8. The van der Waals surface area contributed by atoms with Crippen molar-refractivity contribution in [3.05, 3.63) is 54.1 Å². The van der Waals surface area contributed by atoms with E-state index in [1.54, 1.807) is 12.0 Å². The average Bonchev–Trinajstić information content (AvgIpc) is 2.73. The minimum atomic E-state index is -0.743. The molecule has 0 aromatic heterocycles. The summed E-state index contributed by atoms with van der Waals surface area (Å²) in [5, 5.41) is 9.60. The molecule has 0 radical (unpaired) electrons. The Labute approximate surface area is 179 Å². The van der Waals surface area contributed by atoms with Crippen molar-refractivity contribution in [2.75, 3.05) is 49.3 Å². The summed E-state index contributed by atoms with van der Waals surface area (Å²) in [6.07, 6.45) is 1.52. The normalized spacial score (nSPS) is 21.4. The summed E-state index contributed by atoms with van der Waals surface area (Å²) >= 11 is 0. The van der Waals surface area contributed by atoms with Gasteiger partial charge < -0.3 is 25.6 Å². The molecule has 7 nitrogen and oxygen atoms in total. The van der Waals surface area contributed by atoms with E-state index in [2.05, 4.69) is 16.0 Å². The van der Waals surface area contributed by atoms with Gasteiger partial charge in [-0.3, -0.25) is 4.99 Å². The maximum Gasteiger partial charge on any atom is 0.321 e. The second-order valence-electron chi connectivity index (χ2n) is 7.71. The van der Waals surface area contributed by atoms with Gasteiger partial charge in [0.05, 0.1) is 31.1 Å². The Morgan fingerprint density at radius 3 is 2.71 bits per heavy atom. The van der Waals surface area contributed by atoms with E-state index in [4.69, 9.17) is 9.73 Å². The maximum absolute atomic E-state index is 13.5. The molecule has 31 heavy (non-hydrogen) atoms. The van der Waals surface area contributed by atoms with Gasteiger partial charge in [-0.25, -0.2) is 13.6 Å². The molecule has 4 rings (SSSR count). The number of para-hydroxylation sites is 2. The summed E-state index contributed by atoms with van der Waals surface area (Å²) in [6.45, 7) is 1.85. The first-order valence-electron chi connectivity index (χ1n) is 10.2. The molecule has 2 heterocycles. The molecule has 2 aromatic rings. The standard InChI is InChI=1S/C22H25F2N5O2/c1-31-10-8-25-20-22(28-19-6-3-2-5-18(19)27-20)7-4-9-29(14-22)21(30)26-17-12-15(23)11-16(24)13-17/h2-3,5-6,11-13,28H,4,7-10,14H2,1H3,(H,25,27)(H,26,30)/t22-/m0/s1. The third kappa shape index (κ3) is 4.61. The number of rotatable bonds is 4. The molecular weight excluding hydrogens is 404 g/mol. The van der Waals surface area contributed by atoms with E-state index in [0.717, 1.165) is 48.3 Å². The summed E-state index contributed by atoms with van der Waals surface area (Å²) in [4.78, 5) is 19.2. The quantitative estimate of drug-likeness (QED) is 0.644. The summed E-state index contributed by atoms with van der Waals surface area (Å²) in [5.41, 5.74) is 1.34. The van der Waals surface area contributed by atoms with Crippen LogP contribution in [0.2, 0.25) is 0 Å². The highest BCUT2D eigenvalue weighted by atomic mass is 19.1. The fourth-order valence-electron chi connectivity index (χ4n) is 4.06. The number of aliphatic imine (C=N–C) groups is 1. The molecule has 0 aliphatic carbocycles. The summed E-state index contributed by atoms with van der Waals surface area (Å²) in [7, 11) is 1.62. The van der Waals surface area contributed by atoms with Gasteiger partial charge in [0.2, 0.25) is 0 Å². The molecule has 164 valence electrons. The van der Waals surface area contributed by atoms with Gasteiger partial charge in [-0.2, -0.15) is 0 Å². The number of piperidine rings is 1. The van der Waals surface area contributed by atoms with Crippen molar-refractivity contribution < 1.29 is 18.3 Å². The first kappa shape index (κ1) is 21.0. The lowest BCUT2D eigenvalue weighted by molar-refractivity contribution is 0.186. The fourth-order valence-corrected chi connectivity index (χ4v) is 4.06. The van der Waals surface area contributed by atoms with Gasteiger partial charge >= 0.3 is 6.03 Å². The predicted molar refractivity (Wildman–Crippen MR) is 117 cm³/mol. The molecule has 0 unspecified atom stereocenters. The highest BCUT2D eigenvalue weighted by molar-refractivity contribution is 6.10. The van der Waals surface area contributed by atoms with E-state index < -0.39 is 23.2 Å². The molecule has 1 atom stereocenters. The van der Waals surface area contributed by atoms with Crippen molar-refractivity contribution in [1.82, 2.24) is 4.90 Å². The fraction of sp³-hybridized carbons (Fsp3) is 0.364. The molecule has 2 aliphatic heterocycles. The van der Waals surface area contributed by atoms with Crippen LogP contribution in [0, 0.1) is 11.6 Å². The number of nitrogens with one attached hydrogen (secondary N) is 3. The smallest absolute Gasteiger partial charge is 0.321 e. The van der Waals surface area contributed by atoms with Crippen LogP contribution in [0.4, 0.5) is 30.6 Å². The van der Waals surface area contributed by atoms with Crippen molar-refractivity contribution in [2.45, 2.75) is 18.4 Å². The van der Waals surface area contributed by atoms with Crippen molar-refractivity contribution in [3.8, 4) is 0 Å². The Bertz CT molecular complexity index is 979. The van der Waals surface area contributed by atoms with E-state index in [9.17, 15) is 13.6 Å². The highest BCUT2D eigenvalue weighted by Crippen LogP contribution is 2.36. The maximum atomic E-state index is 13.5. The number of hydrogen-bond donors (Lipinski definition) is 3. The minimum Gasteiger partial charge on any atom is -0.383 e. The van der Waals surface area contributed by atoms with Crippen LogP contribution in [0.1, 0.15) is 12.8 Å². The Balaban J connectivity index is 1.57. The number of benzene rings is 2. The lowest BCUT2D eigenvalue weighted by Crippen LogP contribution is -2.63. The van der Waals surface area contributed by atoms with Crippen molar-refractivity contribution in [2.24, 2.45) is 4.99 Å². The number of amidine groups is 1. The Morgan fingerprint density at radius 1 is 1.23 bits per heavy atom. The van der Waals surface area contributed by atoms with Gasteiger partial charge in [0, 0.05) is 25.4 Å². The van der Waals surface area contributed by atoms with Crippen LogP contribution in [-0.4, -0.2) is 55.7 Å². The lowest BCUT2D eigenvalue weighted by atomic mass is 9.85. The first-order chi connectivity index (χ1) is 15.0. The van der Waals surface area contributed by atoms with E-state index in [1.807, 2.05) is 24.3 Å². The molecular formula is C22H25F2N5O2. The SMILES string of the molecule is COCCN=C1Nc2ccccc2N[C@]12CCCN(C(=O)Nc1cc(F)cc(F)c1)C2. The molecule has 3 N–H and O–H groups in total. The first-order valence-corrected chi connectivity index (χ1v) is 10.2. The van der Waals surface area contributed by atoms with E-state index in [1.165, 1.54) is 0 Å².